The molecule has 0 bridgehead atoms. The van der Waals surface area contributed by atoms with Gasteiger partial charge in [0, 0.05) is 16.6 Å². The van der Waals surface area contributed by atoms with E-state index in [1.807, 2.05) is 0 Å². The van der Waals surface area contributed by atoms with Crippen molar-refractivity contribution in [2.75, 3.05) is 0 Å². The van der Waals surface area contributed by atoms with E-state index in [1.165, 1.54) is 24.8 Å². The second-order valence-corrected chi connectivity index (χ2v) is 8.25. The maximum atomic E-state index is 3.93. The fourth-order valence-electron chi connectivity index (χ4n) is 3.79. The quantitative estimate of drug-likeness (QED) is 0.745. The van der Waals surface area contributed by atoms with Crippen LogP contribution >= 0.6 is 15.9 Å². The maximum absolute atomic E-state index is 3.93. The number of rotatable bonds is 5. The summed E-state index contributed by atoms with van der Waals surface area (Å²) in [5.41, 5.74) is 1.42. The highest BCUT2D eigenvalue weighted by molar-refractivity contribution is 9.10. The van der Waals surface area contributed by atoms with Gasteiger partial charge in [-0.2, -0.15) is 0 Å². The van der Waals surface area contributed by atoms with Gasteiger partial charge in [-0.05, 0) is 61.6 Å². The van der Waals surface area contributed by atoms with Crippen LogP contribution in [0.2, 0.25) is 0 Å². The molecule has 1 nitrogen and oxygen atoms in total. The molecule has 21 heavy (non-hydrogen) atoms. The van der Waals surface area contributed by atoms with Crippen molar-refractivity contribution in [1.82, 2.24) is 5.32 Å². The fraction of sp³-hybridized carbons (Fsp3) is 0.684. The van der Waals surface area contributed by atoms with Crippen molar-refractivity contribution in [2.45, 2.75) is 65.5 Å². The molecular formula is C19H30BrN. The number of halogens is 1. The molecule has 1 aromatic rings. The Hall–Kier alpha value is -0.340. The summed E-state index contributed by atoms with van der Waals surface area (Å²) in [4.78, 5) is 0. The molecule has 1 aliphatic rings. The number of benzene rings is 1. The number of nitrogens with one attached hydrogen (secondary N) is 1. The van der Waals surface area contributed by atoms with Gasteiger partial charge in [0.2, 0.25) is 0 Å². The van der Waals surface area contributed by atoms with E-state index in [1.54, 1.807) is 0 Å². The molecule has 0 aliphatic heterocycles. The van der Waals surface area contributed by atoms with Gasteiger partial charge in [0.05, 0.1) is 0 Å². The van der Waals surface area contributed by atoms with Crippen LogP contribution in [-0.4, -0.2) is 12.1 Å². The summed E-state index contributed by atoms with van der Waals surface area (Å²) in [7, 11) is 0. The largest absolute Gasteiger partial charge is 0.311 e. The van der Waals surface area contributed by atoms with Crippen molar-refractivity contribution < 1.29 is 0 Å². The summed E-state index contributed by atoms with van der Waals surface area (Å²) in [6.07, 6.45) is 5.25. The second-order valence-electron chi connectivity index (χ2n) is 7.33. The normalized spacial score (nSPS) is 27.8. The number of hydrogen-bond acceptors (Lipinski definition) is 1. The Kier molecular flexibility index (Phi) is 6.31. The predicted octanol–water partition coefficient (Wildman–Crippen LogP) is 5.43. The Morgan fingerprint density at radius 3 is 2.43 bits per heavy atom. The molecule has 0 saturated heterocycles. The van der Waals surface area contributed by atoms with Gasteiger partial charge in [0.1, 0.15) is 0 Å². The van der Waals surface area contributed by atoms with Crippen LogP contribution < -0.4 is 5.32 Å². The van der Waals surface area contributed by atoms with Crippen molar-refractivity contribution >= 4 is 15.9 Å². The molecule has 2 rings (SSSR count). The summed E-state index contributed by atoms with van der Waals surface area (Å²) in [6, 6.07) is 9.97. The lowest BCUT2D eigenvalue weighted by Gasteiger charge is -2.39. The first-order valence-electron chi connectivity index (χ1n) is 8.46. The molecule has 2 heteroatoms. The van der Waals surface area contributed by atoms with Gasteiger partial charge < -0.3 is 5.32 Å². The van der Waals surface area contributed by atoms with Crippen LogP contribution in [0.15, 0.2) is 28.7 Å². The van der Waals surface area contributed by atoms with Crippen molar-refractivity contribution in [1.29, 1.82) is 0 Å². The van der Waals surface area contributed by atoms with Crippen LogP contribution in [0.5, 0.6) is 0 Å². The predicted molar refractivity (Wildman–Crippen MR) is 95.6 cm³/mol. The molecule has 0 radical (unpaired) electrons. The van der Waals surface area contributed by atoms with Gasteiger partial charge in [-0.1, -0.05) is 55.3 Å². The van der Waals surface area contributed by atoms with Crippen molar-refractivity contribution in [3.63, 3.8) is 0 Å². The van der Waals surface area contributed by atoms with Crippen molar-refractivity contribution in [2.24, 2.45) is 17.8 Å². The monoisotopic (exact) mass is 351 g/mol. The lowest BCUT2D eigenvalue weighted by Crippen LogP contribution is -2.47. The average molecular weight is 352 g/mol. The first-order valence-corrected chi connectivity index (χ1v) is 9.25. The van der Waals surface area contributed by atoms with E-state index in [0.717, 1.165) is 28.6 Å². The Morgan fingerprint density at radius 2 is 1.81 bits per heavy atom. The van der Waals surface area contributed by atoms with Crippen LogP contribution in [0, 0.1) is 17.8 Å². The molecule has 118 valence electrons. The molecule has 1 saturated carbocycles. The van der Waals surface area contributed by atoms with Gasteiger partial charge in [-0.3, -0.25) is 0 Å². The number of hydrogen-bond donors (Lipinski definition) is 1. The Morgan fingerprint density at radius 1 is 1.14 bits per heavy atom. The van der Waals surface area contributed by atoms with Gasteiger partial charge >= 0.3 is 0 Å². The molecule has 1 N–H and O–H groups in total. The zero-order valence-corrected chi connectivity index (χ0v) is 15.5. The minimum atomic E-state index is 0.544. The van der Waals surface area contributed by atoms with Gasteiger partial charge in [-0.25, -0.2) is 0 Å². The molecule has 1 aliphatic carbocycles. The molecule has 4 atom stereocenters. The van der Waals surface area contributed by atoms with Crippen molar-refractivity contribution in [3.8, 4) is 0 Å². The Bertz CT molecular complexity index is 426. The SMILES string of the molecule is CC1CCC(C(C)C)C(NC(C)Cc2ccc(Br)cc2)C1. The summed E-state index contributed by atoms with van der Waals surface area (Å²) in [5.74, 6) is 2.50. The third-order valence-corrected chi connectivity index (χ3v) is 5.50. The first-order chi connectivity index (χ1) is 9.95. The lowest BCUT2D eigenvalue weighted by molar-refractivity contribution is 0.161. The highest BCUT2D eigenvalue weighted by Gasteiger charge is 2.31. The average Bonchev–Trinajstić information content (AvgIpc) is 2.41. The smallest absolute Gasteiger partial charge is 0.0175 e. The third kappa shape index (κ3) is 5.10. The zero-order valence-electron chi connectivity index (χ0n) is 13.9. The van der Waals surface area contributed by atoms with Crippen molar-refractivity contribution in [3.05, 3.63) is 34.3 Å². The highest BCUT2D eigenvalue weighted by atomic mass is 79.9. The summed E-state index contributed by atoms with van der Waals surface area (Å²) < 4.78 is 1.16. The van der Waals surface area contributed by atoms with Crippen LogP contribution in [-0.2, 0) is 6.42 Å². The van der Waals surface area contributed by atoms with E-state index >= 15 is 0 Å². The van der Waals surface area contributed by atoms with E-state index in [2.05, 4.69) is 73.2 Å². The molecule has 0 spiro atoms. The molecule has 4 unspecified atom stereocenters. The topological polar surface area (TPSA) is 12.0 Å². The minimum absolute atomic E-state index is 0.544. The van der Waals surface area contributed by atoms with E-state index in [4.69, 9.17) is 0 Å². The van der Waals surface area contributed by atoms with Gasteiger partial charge in [-0.15, -0.1) is 0 Å². The van der Waals surface area contributed by atoms with Gasteiger partial charge in [0.25, 0.3) is 0 Å². The Labute approximate surface area is 139 Å². The zero-order chi connectivity index (χ0) is 15.4. The molecular weight excluding hydrogens is 322 g/mol. The molecule has 0 heterocycles. The second kappa shape index (κ2) is 7.78. The first kappa shape index (κ1) is 17.0. The maximum Gasteiger partial charge on any atom is 0.0175 e. The summed E-state index contributed by atoms with van der Waals surface area (Å²) in [6.45, 7) is 9.51. The van der Waals surface area contributed by atoms with Gasteiger partial charge in [0.15, 0.2) is 0 Å². The highest BCUT2D eigenvalue weighted by Crippen LogP contribution is 2.33. The fourth-order valence-corrected chi connectivity index (χ4v) is 4.06. The minimum Gasteiger partial charge on any atom is -0.311 e. The molecule has 0 amide bonds. The Balaban J connectivity index is 1.93. The lowest BCUT2D eigenvalue weighted by atomic mass is 9.73. The van der Waals surface area contributed by atoms with Crippen LogP contribution in [0.4, 0.5) is 0 Å². The third-order valence-electron chi connectivity index (χ3n) is 4.98. The molecule has 0 aromatic heterocycles. The standard InChI is InChI=1S/C19H30BrN/c1-13(2)18-10-5-14(3)11-19(18)21-15(4)12-16-6-8-17(20)9-7-16/h6-9,13-15,18-19,21H,5,10-12H2,1-4H3. The van der Waals surface area contributed by atoms with Crippen LogP contribution in [0.25, 0.3) is 0 Å². The summed E-state index contributed by atoms with van der Waals surface area (Å²) >= 11 is 3.51. The molecule has 1 fully saturated rings. The summed E-state index contributed by atoms with van der Waals surface area (Å²) in [5, 5.41) is 3.93. The van der Waals surface area contributed by atoms with E-state index in [9.17, 15) is 0 Å². The molecule has 1 aromatic carbocycles. The van der Waals surface area contributed by atoms with E-state index in [-0.39, 0.29) is 0 Å². The van der Waals surface area contributed by atoms with Crippen LogP contribution in [0.1, 0.15) is 52.5 Å². The van der Waals surface area contributed by atoms with E-state index in [0.29, 0.717) is 12.1 Å². The van der Waals surface area contributed by atoms with E-state index < -0.39 is 0 Å². The van der Waals surface area contributed by atoms with Crippen LogP contribution in [0.3, 0.4) is 0 Å².